The summed E-state index contributed by atoms with van der Waals surface area (Å²) in [7, 11) is 0. The SMILES string of the molecule is CCOC(=O)c1c(NC(=O)CSc2cccc(NC(=O)/C(=C\c3ccc(Cl)cc3Cl)NC(=O)c3ccccc3)c2)sc2c1CCC(c1ccccc1)C2. The fourth-order valence-corrected chi connectivity index (χ4v) is 8.54. The highest BCUT2D eigenvalue weighted by molar-refractivity contribution is 8.00. The van der Waals surface area contributed by atoms with Gasteiger partial charge in [-0.15, -0.1) is 23.1 Å². The largest absolute Gasteiger partial charge is 0.462 e. The Bertz CT molecular complexity index is 2170. The first-order valence-electron chi connectivity index (χ1n) is 16.9. The Morgan fingerprint density at radius 1 is 0.906 bits per heavy atom. The Hall–Kier alpha value is -4.87. The standard InChI is InChI=1S/C41H35Cl2N3O5S2/c1-2-51-41(50)37-32-19-17-27(25-10-5-3-6-11-25)21-35(32)53-40(37)46-36(47)24-52-31-15-9-14-30(23-31)44-39(49)34(20-28-16-18-29(42)22-33(28)43)45-38(48)26-12-7-4-8-13-26/h3-16,18,20,22-23,27H,2,17,19,21,24H2,1H3,(H,44,49)(H,45,48)(H,46,47)/b34-20+. The number of esters is 1. The molecule has 5 aromatic rings. The van der Waals surface area contributed by atoms with E-state index in [1.54, 1.807) is 73.7 Å². The van der Waals surface area contributed by atoms with Crippen LogP contribution < -0.4 is 16.0 Å². The summed E-state index contributed by atoms with van der Waals surface area (Å²) >= 11 is 15.2. The highest BCUT2D eigenvalue weighted by atomic mass is 35.5. The maximum absolute atomic E-state index is 13.6. The molecule has 1 aliphatic carbocycles. The first-order chi connectivity index (χ1) is 25.7. The van der Waals surface area contributed by atoms with Gasteiger partial charge >= 0.3 is 5.97 Å². The van der Waals surface area contributed by atoms with Gasteiger partial charge in [0.25, 0.3) is 11.8 Å². The molecule has 1 aromatic heterocycles. The van der Waals surface area contributed by atoms with Gasteiger partial charge in [0.05, 0.1) is 17.9 Å². The van der Waals surface area contributed by atoms with Gasteiger partial charge in [0.2, 0.25) is 5.91 Å². The number of amides is 3. The van der Waals surface area contributed by atoms with Gasteiger partial charge in [0.1, 0.15) is 10.7 Å². The monoisotopic (exact) mass is 783 g/mol. The number of thiophene rings is 1. The van der Waals surface area contributed by atoms with Crippen molar-refractivity contribution >= 4 is 86.8 Å². The summed E-state index contributed by atoms with van der Waals surface area (Å²) < 4.78 is 5.40. The second-order valence-corrected chi connectivity index (χ2v) is 15.1. The Kier molecular flexibility index (Phi) is 12.7. The third-order valence-corrected chi connectivity index (χ3v) is 11.2. The van der Waals surface area contributed by atoms with Gasteiger partial charge in [0.15, 0.2) is 0 Å². The van der Waals surface area contributed by atoms with Crippen molar-refractivity contribution in [3.05, 3.63) is 152 Å². The van der Waals surface area contributed by atoms with Crippen LogP contribution in [0.3, 0.4) is 0 Å². The van der Waals surface area contributed by atoms with Gasteiger partial charge < -0.3 is 20.7 Å². The molecule has 0 spiro atoms. The van der Waals surface area contributed by atoms with E-state index >= 15 is 0 Å². The molecule has 3 amide bonds. The van der Waals surface area contributed by atoms with Crippen LogP contribution in [0.2, 0.25) is 10.0 Å². The van der Waals surface area contributed by atoms with E-state index in [0.29, 0.717) is 43.3 Å². The predicted molar refractivity (Wildman–Crippen MR) is 214 cm³/mol. The number of thioether (sulfide) groups is 1. The average molecular weight is 785 g/mol. The fourth-order valence-electron chi connectivity index (χ4n) is 5.99. The molecule has 8 nitrogen and oxygen atoms in total. The maximum atomic E-state index is 13.6. The van der Waals surface area contributed by atoms with E-state index in [1.807, 2.05) is 24.3 Å². The Morgan fingerprint density at radius 3 is 2.40 bits per heavy atom. The Balaban J connectivity index is 1.14. The van der Waals surface area contributed by atoms with E-state index in [0.717, 1.165) is 34.6 Å². The summed E-state index contributed by atoms with van der Waals surface area (Å²) in [6.07, 6.45) is 3.90. The summed E-state index contributed by atoms with van der Waals surface area (Å²) in [5.41, 5.74) is 3.94. The van der Waals surface area contributed by atoms with Crippen LogP contribution in [0.5, 0.6) is 0 Å². The number of carbonyl (C=O) groups is 4. The molecule has 0 saturated carbocycles. The van der Waals surface area contributed by atoms with Crippen LogP contribution in [0.15, 0.2) is 114 Å². The number of anilines is 2. The topological polar surface area (TPSA) is 114 Å². The number of carbonyl (C=O) groups excluding carboxylic acids is 4. The minimum Gasteiger partial charge on any atom is -0.462 e. The molecule has 12 heteroatoms. The lowest BCUT2D eigenvalue weighted by atomic mass is 9.83. The number of hydrogen-bond acceptors (Lipinski definition) is 7. The minimum atomic E-state index is -0.581. The summed E-state index contributed by atoms with van der Waals surface area (Å²) in [4.78, 5) is 54.8. The van der Waals surface area contributed by atoms with Crippen molar-refractivity contribution in [3.8, 4) is 0 Å². The minimum absolute atomic E-state index is 0.0355. The third-order valence-electron chi connectivity index (χ3n) is 8.52. The van der Waals surface area contributed by atoms with E-state index in [1.165, 1.54) is 34.7 Å². The van der Waals surface area contributed by atoms with Gasteiger partial charge in [-0.2, -0.15) is 0 Å². The van der Waals surface area contributed by atoms with Crippen LogP contribution in [0.1, 0.15) is 61.5 Å². The zero-order chi connectivity index (χ0) is 37.3. The van der Waals surface area contributed by atoms with E-state index in [4.69, 9.17) is 27.9 Å². The lowest BCUT2D eigenvalue weighted by molar-refractivity contribution is -0.114. The first kappa shape index (κ1) is 37.9. The molecule has 0 radical (unpaired) electrons. The number of nitrogens with one attached hydrogen (secondary N) is 3. The van der Waals surface area contributed by atoms with Crippen molar-refractivity contribution < 1.29 is 23.9 Å². The number of halogens is 2. The predicted octanol–water partition coefficient (Wildman–Crippen LogP) is 9.64. The first-order valence-corrected chi connectivity index (χ1v) is 19.5. The van der Waals surface area contributed by atoms with Gasteiger partial charge in [-0.1, -0.05) is 83.9 Å². The number of fused-ring (bicyclic) bond motifs is 1. The van der Waals surface area contributed by atoms with E-state index in [2.05, 4.69) is 28.1 Å². The molecular weight excluding hydrogens is 750 g/mol. The molecule has 0 bridgehead atoms. The quantitative estimate of drug-likeness (QED) is 0.0660. The number of benzene rings is 4. The Morgan fingerprint density at radius 2 is 1.66 bits per heavy atom. The van der Waals surface area contributed by atoms with Crippen molar-refractivity contribution in [2.45, 2.75) is 37.0 Å². The molecule has 0 saturated heterocycles. The van der Waals surface area contributed by atoms with Gasteiger partial charge in [0, 0.05) is 31.1 Å². The highest BCUT2D eigenvalue weighted by Gasteiger charge is 2.31. The molecule has 0 aliphatic heterocycles. The second-order valence-electron chi connectivity index (χ2n) is 12.1. The number of rotatable bonds is 12. The van der Waals surface area contributed by atoms with Gasteiger partial charge in [-0.05, 0) is 97.3 Å². The molecule has 4 aromatic carbocycles. The zero-order valence-corrected chi connectivity index (χ0v) is 31.8. The fraction of sp³-hybridized carbons (Fsp3) is 0.171. The Labute approximate surface area is 325 Å². The van der Waals surface area contributed by atoms with E-state index < -0.39 is 17.8 Å². The summed E-state index contributed by atoms with van der Waals surface area (Å²) in [5.74, 6) is -1.36. The molecule has 6 rings (SSSR count). The second kappa shape index (κ2) is 17.8. The molecule has 1 unspecified atom stereocenters. The zero-order valence-electron chi connectivity index (χ0n) is 28.6. The van der Waals surface area contributed by atoms with Crippen LogP contribution in [-0.4, -0.2) is 36.1 Å². The molecule has 53 heavy (non-hydrogen) atoms. The van der Waals surface area contributed by atoms with Crippen molar-refractivity contribution in [2.75, 3.05) is 23.0 Å². The molecule has 3 N–H and O–H groups in total. The molecule has 270 valence electrons. The van der Waals surface area contributed by atoms with Crippen LogP contribution in [-0.2, 0) is 27.2 Å². The van der Waals surface area contributed by atoms with Crippen LogP contribution in [0, 0.1) is 0 Å². The lowest BCUT2D eigenvalue weighted by Crippen LogP contribution is -2.30. The highest BCUT2D eigenvalue weighted by Crippen LogP contribution is 2.43. The van der Waals surface area contributed by atoms with Gasteiger partial charge in [-0.3, -0.25) is 14.4 Å². The number of ether oxygens (including phenoxy) is 1. The van der Waals surface area contributed by atoms with Crippen LogP contribution >= 0.6 is 46.3 Å². The van der Waals surface area contributed by atoms with E-state index in [9.17, 15) is 19.2 Å². The lowest BCUT2D eigenvalue weighted by Gasteiger charge is -2.23. The number of hydrogen-bond donors (Lipinski definition) is 3. The van der Waals surface area contributed by atoms with Crippen molar-refractivity contribution in [1.29, 1.82) is 0 Å². The smallest absolute Gasteiger partial charge is 0.341 e. The van der Waals surface area contributed by atoms with Crippen LogP contribution in [0.4, 0.5) is 10.7 Å². The molecule has 1 heterocycles. The maximum Gasteiger partial charge on any atom is 0.341 e. The molecular formula is C41H35Cl2N3O5S2. The summed E-state index contributed by atoms with van der Waals surface area (Å²) in [6, 6.07) is 30.7. The molecule has 1 aliphatic rings. The normalized spacial score (nSPS) is 13.8. The van der Waals surface area contributed by atoms with Crippen LogP contribution in [0.25, 0.3) is 6.08 Å². The van der Waals surface area contributed by atoms with E-state index in [-0.39, 0.29) is 24.0 Å². The van der Waals surface area contributed by atoms with Gasteiger partial charge in [-0.25, -0.2) is 4.79 Å². The van der Waals surface area contributed by atoms with Crippen molar-refractivity contribution in [2.24, 2.45) is 0 Å². The molecule has 1 atom stereocenters. The summed E-state index contributed by atoms with van der Waals surface area (Å²) in [6.45, 7) is 2.00. The molecule has 0 fully saturated rings. The van der Waals surface area contributed by atoms with Crippen molar-refractivity contribution in [1.82, 2.24) is 5.32 Å². The van der Waals surface area contributed by atoms with Crippen molar-refractivity contribution in [3.63, 3.8) is 0 Å². The average Bonchev–Trinajstić information content (AvgIpc) is 3.52. The summed E-state index contributed by atoms with van der Waals surface area (Å²) in [5, 5.41) is 9.76. The third kappa shape index (κ3) is 9.77.